The molecule has 102 valence electrons. The molecule has 0 aliphatic heterocycles. The van der Waals surface area contributed by atoms with E-state index in [0.29, 0.717) is 6.42 Å². The summed E-state index contributed by atoms with van der Waals surface area (Å²) < 4.78 is 28.8. The lowest BCUT2D eigenvalue weighted by Crippen LogP contribution is -2.09. The van der Waals surface area contributed by atoms with Crippen LogP contribution in [0.2, 0.25) is 0 Å². The Labute approximate surface area is 112 Å². The summed E-state index contributed by atoms with van der Waals surface area (Å²) in [7, 11) is -3.67. The molecule has 0 atom stereocenters. The molecule has 1 heterocycles. The number of imidazole rings is 1. The summed E-state index contributed by atoms with van der Waals surface area (Å²) in [5.74, 6) is 0.802. The highest BCUT2D eigenvalue weighted by Gasteiger charge is 2.14. The van der Waals surface area contributed by atoms with Crippen LogP contribution in [0.5, 0.6) is 0 Å². The maximum absolute atomic E-state index is 11.9. The number of H-pyrrole nitrogens is 1. The highest BCUT2D eigenvalue weighted by atomic mass is 32.2. The Bertz CT molecular complexity index is 645. The molecule has 0 fully saturated rings. The van der Waals surface area contributed by atoms with E-state index in [1.807, 2.05) is 13.8 Å². The van der Waals surface area contributed by atoms with Gasteiger partial charge in [0.15, 0.2) is 0 Å². The zero-order chi connectivity index (χ0) is 13.9. The standard InChI is InChI=1S/C13H16N2O3S/c1-10-3-5-13(6-4-10)19(16,17)18-8-7-12-9-14-11(2)15-12/h3-6,9H,7-8H2,1-2H3,(H,14,15). The van der Waals surface area contributed by atoms with Crippen molar-refractivity contribution < 1.29 is 12.6 Å². The van der Waals surface area contributed by atoms with Gasteiger partial charge in [-0.15, -0.1) is 0 Å². The van der Waals surface area contributed by atoms with Crippen molar-refractivity contribution >= 4 is 10.1 Å². The van der Waals surface area contributed by atoms with Gasteiger partial charge in [0.05, 0.1) is 11.5 Å². The van der Waals surface area contributed by atoms with Crippen molar-refractivity contribution in [1.29, 1.82) is 0 Å². The monoisotopic (exact) mass is 280 g/mol. The maximum atomic E-state index is 11.9. The van der Waals surface area contributed by atoms with Crippen molar-refractivity contribution in [3.05, 3.63) is 47.5 Å². The van der Waals surface area contributed by atoms with E-state index in [4.69, 9.17) is 4.18 Å². The number of hydrogen-bond donors (Lipinski definition) is 1. The minimum Gasteiger partial charge on any atom is -0.346 e. The molecule has 19 heavy (non-hydrogen) atoms. The molecule has 2 rings (SSSR count). The molecule has 1 aromatic heterocycles. The van der Waals surface area contributed by atoms with Gasteiger partial charge in [-0.25, -0.2) is 4.98 Å². The van der Waals surface area contributed by atoms with Crippen LogP contribution in [0.1, 0.15) is 17.1 Å². The van der Waals surface area contributed by atoms with Crippen LogP contribution < -0.4 is 0 Å². The Balaban J connectivity index is 1.96. The molecular weight excluding hydrogens is 264 g/mol. The van der Waals surface area contributed by atoms with E-state index < -0.39 is 10.1 Å². The fourth-order valence-electron chi connectivity index (χ4n) is 1.63. The van der Waals surface area contributed by atoms with Crippen molar-refractivity contribution in [3.8, 4) is 0 Å². The lowest BCUT2D eigenvalue weighted by Gasteiger charge is -2.05. The Morgan fingerprint density at radius 3 is 2.47 bits per heavy atom. The van der Waals surface area contributed by atoms with Gasteiger partial charge in [-0.1, -0.05) is 17.7 Å². The largest absolute Gasteiger partial charge is 0.346 e. The number of benzene rings is 1. The SMILES string of the molecule is Cc1ccc(S(=O)(=O)OCCc2cnc(C)[nH]2)cc1. The van der Waals surface area contributed by atoms with Crippen LogP contribution in [0.4, 0.5) is 0 Å². The van der Waals surface area contributed by atoms with E-state index in [0.717, 1.165) is 17.1 Å². The van der Waals surface area contributed by atoms with Crippen LogP contribution in [-0.4, -0.2) is 25.0 Å². The van der Waals surface area contributed by atoms with Gasteiger partial charge >= 0.3 is 0 Å². The molecule has 0 aliphatic carbocycles. The van der Waals surface area contributed by atoms with Gasteiger partial charge < -0.3 is 4.98 Å². The molecule has 0 bridgehead atoms. The van der Waals surface area contributed by atoms with Crippen LogP contribution in [0.3, 0.4) is 0 Å². The van der Waals surface area contributed by atoms with E-state index in [1.165, 1.54) is 0 Å². The van der Waals surface area contributed by atoms with Crippen LogP contribution in [0.15, 0.2) is 35.4 Å². The fraction of sp³-hybridized carbons (Fsp3) is 0.308. The van der Waals surface area contributed by atoms with Crippen molar-refractivity contribution in [2.75, 3.05) is 6.61 Å². The van der Waals surface area contributed by atoms with Gasteiger partial charge in [0.1, 0.15) is 5.82 Å². The summed E-state index contributed by atoms with van der Waals surface area (Å²) in [5, 5.41) is 0. The summed E-state index contributed by atoms with van der Waals surface area (Å²) >= 11 is 0. The maximum Gasteiger partial charge on any atom is 0.296 e. The Morgan fingerprint density at radius 2 is 1.89 bits per heavy atom. The van der Waals surface area contributed by atoms with E-state index >= 15 is 0 Å². The van der Waals surface area contributed by atoms with Crippen LogP contribution in [0.25, 0.3) is 0 Å². The molecule has 0 spiro atoms. The zero-order valence-corrected chi connectivity index (χ0v) is 11.7. The predicted octanol–water partition coefficient (Wildman–Crippen LogP) is 1.97. The number of aromatic nitrogens is 2. The molecule has 0 aliphatic rings. The number of nitrogens with one attached hydrogen (secondary N) is 1. The van der Waals surface area contributed by atoms with Crippen molar-refractivity contribution in [2.24, 2.45) is 0 Å². The molecular formula is C13H16N2O3S. The smallest absolute Gasteiger partial charge is 0.296 e. The summed E-state index contributed by atoms with van der Waals surface area (Å²) in [6.07, 6.45) is 2.16. The number of aryl methyl sites for hydroxylation is 2. The van der Waals surface area contributed by atoms with E-state index in [1.54, 1.807) is 30.5 Å². The molecule has 0 amide bonds. The third-order valence-corrected chi connectivity index (χ3v) is 4.00. The molecule has 0 saturated carbocycles. The third kappa shape index (κ3) is 3.65. The molecule has 0 saturated heterocycles. The lowest BCUT2D eigenvalue weighted by molar-refractivity contribution is 0.321. The fourth-order valence-corrected chi connectivity index (χ4v) is 2.54. The molecule has 1 aromatic carbocycles. The highest BCUT2D eigenvalue weighted by Crippen LogP contribution is 2.13. The first-order valence-electron chi connectivity index (χ1n) is 5.94. The molecule has 0 unspecified atom stereocenters. The van der Waals surface area contributed by atoms with Crippen LogP contribution in [-0.2, 0) is 20.7 Å². The number of aromatic amines is 1. The summed E-state index contributed by atoms with van der Waals surface area (Å²) in [5.41, 5.74) is 1.86. The highest BCUT2D eigenvalue weighted by molar-refractivity contribution is 7.86. The van der Waals surface area contributed by atoms with Crippen molar-refractivity contribution in [3.63, 3.8) is 0 Å². The Morgan fingerprint density at radius 1 is 1.21 bits per heavy atom. The number of rotatable bonds is 5. The number of hydrogen-bond acceptors (Lipinski definition) is 4. The first kappa shape index (κ1) is 13.8. The molecule has 5 nitrogen and oxygen atoms in total. The Hall–Kier alpha value is -1.66. The van der Waals surface area contributed by atoms with Gasteiger partial charge in [-0.05, 0) is 26.0 Å². The topological polar surface area (TPSA) is 72.1 Å². The van der Waals surface area contributed by atoms with Crippen molar-refractivity contribution in [2.45, 2.75) is 25.2 Å². The van der Waals surface area contributed by atoms with Gasteiger partial charge in [0.25, 0.3) is 10.1 Å². The summed E-state index contributed by atoms with van der Waals surface area (Å²) in [6.45, 7) is 3.84. The summed E-state index contributed by atoms with van der Waals surface area (Å²) in [6, 6.07) is 6.58. The van der Waals surface area contributed by atoms with Gasteiger partial charge in [-0.3, -0.25) is 4.18 Å². The van der Waals surface area contributed by atoms with E-state index in [9.17, 15) is 8.42 Å². The second-order valence-electron chi connectivity index (χ2n) is 4.33. The second kappa shape index (κ2) is 5.54. The second-order valence-corrected chi connectivity index (χ2v) is 5.95. The van der Waals surface area contributed by atoms with Crippen LogP contribution in [0, 0.1) is 13.8 Å². The van der Waals surface area contributed by atoms with Gasteiger partial charge in [0.2, 0.25) is 0 Å². The molecule has 1 N–H and O–H groups in total. The first-order chi connectivity index (χ1) is 8.97. The predicted molar refractivity (Wildman–Crippen MR) is 71.3 cm³/mol. The lowest BCUT2D eigenvalue weighted by atomic mass is 10.2. The zero-order valence-electron chi connectivity index (χ0n) is 10.9. The third-order valence-electron chi connectivity index (χ3n) is 2.68. The first-order valence-corrected chi connectivity index (χ1v) is 7.35. The van der Waals surface area contributed by atoms with E-state index in [2.05, 4.69) is 9.97 Å². The minimum absolute atomic E-state index is 0.0951. The van der Waals surface area contributed by atoms with E-state index in [-0.39, 0.29) is 11.5 Å². The molecule has 6 heteroatoms. The van der Waals surface area contributed by atoms with Crippen LogP contribution >= 0.6 is 0 Å². The average Bonchev–Trinajstić information content (AvgIpc) is 2.75. The normalized spacial score (nSPS) is 11.7. The average molecular weight is 280 g/mol. The summed E-state index contributed by atoms with van der Waals surface area (Å²) in [4.78, 5) is 7.24. The van der Waals surface area contributed by atoms with Gasteiger partial charge in [-0.2, -0.15) is 8.42 Å². The van der Waals surface area contributed by atoms with Crippen molar-refractivity contribution in [1.82, 2.24) is 9.97 Å². The Kier molecular flexibility index (Phi) is 4.01. The minimum atomic E-state index is -3.67. The van der Waals surface area contributed by atoms with Gasteiger partial charge in [0, 0.05) is 18.3 Å². The molecule has 0 radical (unpaired) electrons. The quantitative estimate of drug-likeness (QED) is 0.850. The number of nitrogens with zero attached hydrogens (tertiary/aromatic N) is 1. The molecule has 2 aromatic rings.